The van der Waals surface area contributed by atoms with Crippen LogP contribution in [0.3, 0.4) is 0 Å². The topological polar surface area (TPSA) is 63.2 Å². The molecule has 1 saturated heterocycles. The van der Waals surface area contributed by atoms with E-state index in [9.17, 15) is 13.2 Å². The van der Waals surface area contributed by atoms with Crippen molar-refractivity contribution in [3.05, 3.63) is 0 Å². The molecule has 4 nitrogen and oxygen atoms in total. The molecule has 1 atom stereocenters. The maximum atomic E-state index is 11.7. The monoisotopic (exact) mass is 287 g/mol. The van der Waals surface area contributed by atoms with Crippen molar-refractivity contribution < 1.29 is 13.2 Å². The van der Waals surface area contributed by atoms with E-state index in [1.807, 2.05) is 0 Å². The first-order valence-electron chi connectivity index (χ1n) is 7.52. The second kappa shape index (κ2) is 6.73. The van der Waals surface area contributed by atoms with Crippen LogP contribution in [0.1, 0.15) is 51.4 Å². The lowest BCUT2D eigenvalue weighted by molar-refractivity contribution is -0.121. The first-order valence-corrected chi connectivity index (χ1v) is 9.34. The number of sulfone groups is 1. The van der Waals surface area contributed by atoms with Gasteiger partial charge in [0.05, 0.1) is 11.5 Å². The van der Waals surface area contributed by atoms with E-state index in [4.69, 9.17) is 0 Å². The third-order valence-electron chi connectivity index (χ3n) is 4.42. The van der Waals surface area contributed by atoms with Crippen LogP contribution in [0.15, 0.2) is 0 Å². The number of hydrogen-bond donors (Lipinski definition) is 1. The van der Waals surface area contributed by atoms with E-state index < -0.39 is 9.84 Å². The van der Waals surface area contributed by atoms with Crippen molar-refractivity contribution in [1.29, 1.82) is 0 Å². The molecule has 2 aliphatic rings. The fourth-order valence-electron chi connectivity index (χ4n) is 3.19. The Morgan fingerprint density at radius 3 is 2.42 bits per heavy atom. The minimum Gasteiger partial charge on any atom is -0.356 e. The predicted octanol–water partition coefficient (Wildman–Crippen LogP) is 1.90. The van der Waals surface area contributed by atoms with Gasteiger partial charge in [-0.3, -0.25) is 4.79 Å². The number of carbonyl (C=O) groups excluding carboxylic acids is 1. The average molecular weight is 287 g/mol. The Hall–Kier alpha value is -0.580. The Bertz CT molecular complexity index is 399. The molecule has 110 valence electrons. The minimum atomic E-state index is -2.82. The molecule has 0 aromatic carbocycles. The number of rotatable bonds is 5. The van der Waals surface area contributed by atoms with Crippen LogP contribution in [-0.2, 0) is 14.6 Å². The van der Waals surface area contributed by atoms with Crippen LogP contribution < -0.4 is 5.32 Å². The van der Waals surface area contributed by atoms with Gasteiger partial charge in [0.25, 0.3) is 0 Å². The van der Waals surface area contributed by atoms with Crippen molar-refractivity contribution in [2.75, 3.05) is 18.1 Å². The van der Waals surface area contributed by atoms with Crippen LogP contribution in [-0.4, -0.2) is 32.4 Å². The molecule has 2 rings (SSSR count). The summed E-state index contributed by atoms with van der Waals surface area (Å²) in [6, 6.07) is 0. The molecule has 0 bridgehead atoms. The molecule has 1 amide bonds. The van der Waals surface area contributed by atoms with E-state index in [-0.39, 0.29) is 23.3 Å². The number of nitrogens with one attached hydrogen (secondary N) is 1. The zero-order chi connectivity index (χ0) is 13.7. The van der Waals surface area contributed by atoms with Gasteiger partial charge in [0.15, 0.2) is 9.84 Å². The second-order valence-electron chi connectivity index (χ2n) is 6.12. The first-order chi connectivity index (χ1) is 9.05. The molecule has 0 spiro atoms. The Morgan fingerprint density at radius 1 is 1.05 bits per heavy atom. The van der Waals surface area contributed by atoms with Crippen LogP contribution in [0.4, 0.5) is 0 Å². The lowest BCUT2D eigenvalue weighted by Crippen LogP contribution is -2.30. The van der Waals surface area contributed by atoms with Crippen molar-refractivity contribution in [3.8, 4) is 0 Å². The lowest BCUT2D eigenvalue weighted by atomic mass is 9.86. The van der Waals surface area contributed by atoms with Crippen molar-refractivity contribution in [1.82, 2.24) is 5.32 Å². The molecule has 0 aromatic heterocycles. The maximum absolute atomic E-state index is 11.7. The van der Waals surface area contributed by atoms with Gasteiger partial charge >= 0.3 is 0 Å². The van der Waals surface area contributed by atoms with E-state index in [2.05, 4.69) is 5.32 Å². The van der Waals surface area contributed by atoms with Crippen LogP contribution in [0.5, 0.6) is 0 Å². The molecule has 5 heteroatoms. The summed E-state index contributed by atoms with van der Waals surface area (Å²) in [5, 5.41) is 2.90. The Morgan fingerprint density at radius 2 is 1.79 bits per heavy atom. The summed E-state index contributed by atoms with van der Waals surface area (Å²) in [5.41, 5.74) is 0. The highest BCUT2D eigenvalue weighted by Gasteiger charge is 2.27. The zero-order valence-electron chi connectivity index (χ0n) is 11.6. The highest BCUT2D eigenvalue weighted by atomic mass is 32.2. The second-order valence-corrected chi connectivity index (χ2v) is 8.34. The van der Waals surface area contributed by atoms with Gasteiger partial charge in [-0.05, 0) is 24.7 Å². The Kier molecular flexibility index (Phi) is 5.25. The summed E-state index contributed by atoms with van der Waals surface area (Å²) in [5.74, 6) is 1.48. The van der Waals surface area contributed by atoms with Crippen LogP contribution in [0.2, 0.25) is 0 Å². The predicted molar refractivity (Wildman–Crippen MR) is 75.6 cm³/mol. The molecule has 1 N–H and O–H groups in total. The fourth-order valence-corrected chi connectivity index (χ4v) is 5.05. The van der Waals surface area contributed by atoms with E-state index in [0.717, 1.165) is 12.3 Å². The Balaban J connectivity index is 1.59. The standard InChI is InChI=1S/C14H25NO3S/c16-14(7-6-12-4-2-1-3-5-12)15-10-13-8-9-19(17,18)11-13/h12-13H,1-11H2,(H,15,16)/t13-/m1/s1. The van der Waals surface area contributed by atoms with Gasteiger partial charge in [-0.2, -0.15) is 0 Å². The zero-order valence-corrected chi connectivity index (χ0v) is 12.4. The summed E-state index contributed by atoms with van der Waals surface area (Å²) in [6.07, 6.45) is 8.81. The summed E-state index contributed by atoms with van der Waals surface area (Å²) in [7, 11) is -2.82. The number of hydrogen-bond acceptors (Lipinski definition) is 3. The Labute approximate surface area is 116 Å². The smallest absolute Gasteiger partial charge is 0.220 e. The maximum Gasteiger partial charge on any atom is 0.220 e. The molecule has 1 heterocycles. The van der Waals surface area contributed by atoms with Gasteiger partial charge in [-0.15, -0.1) is 0 Å². The van der Waals surface area contributed by atoms with Crippen molar-refractivity contribution in [2.24, 2.45) is 11.8 Å². The molecule has 19 heavy (non-hydrogen) atoms. The molecular weight excluding hydrogens is 262 g/mol. The fraction of sp³-hybridized carbons (Fsp3) is 0.929. The van der Waals surface area contributed by atoms with Crippen LogP contribution in [0.25, 0.3) is 0 Å². The summed E-state index contributed by atoms with van der Waals surface area (Å²) in [6.45, 7) is 0.530. The SMILES string of the molecule is O=C(CCC1CCCCC1)NC[C@H]1CCS(=O)(=O)C1. The van der Waals surface area contributed by atoms with E-state index in [0.29, 0.717) is 19.4 Å². The average Bonchev–Trinajstić information content (AvgIpc) is 2.75. The van der Waals surface area contributed by atoms with Gasteiger partial charge in [0, 0.05) is 13.0 Å². The van der Waals surface area contributed by atoms with Crippen LogP contribution >= 0.6 is 0 Å². The first kappa shape index (κ1) is 14.8. The van der Waals surface area contributed by atoms with Gasteiger partial charge in [0.1, 0.15) is 0 Å². The summed E-state index contributed by atoms with van der Waals surface area (Å²) in [4.78, 5) is 11.7. The van der Waals surface area contributed by atoms with Gasteiger partial charge in [-0.25, -0.2) is 8.42 Å². The molecule has 0 aromatic rings. The van der Waals surface area contributed by atoms with Gasteiger partial charge in [-0.1, -0.05) is 32.1 Å². The van der Waals surface area contributed by atoms with Crippen molar-refractivity contribution in [3.63, 3.8) is 0 Å². The summed E-state index contributed by atoms with van der Waals surface area (Å²) >= 11 is 0. The molecular formula is C14H25NO3S. The molecule has 2 fully saturated rings. The number of carbonyl (C=O) groups is 1. The minimum absolute atomic E-state index is 0.0925. The number of amides is 1. The van der Waals surface area contributed by atoms with Crippen molar-refractivity contribution >= 4 is 15.7 Å². The van der Waals surface area contributed by atoms with Gasteiger partial charge < -0.3 is 5.32 Å². The molecule has 0 radical (unpaired) electrons. The lowest BCUT2D eigenvalue weighted by Gasteiger charge is -2.21. The van der Waals surface area contributed by atoms with E-state index in [1.165, 1.54) is 32.1 Å². The third kappa shape index (κ3) is 5.13. The van der Waals surface area contributed by atoms with Crippen LogP contribution in [0, 0.1) is 11.8 Å². The van der Waals surface area contributed by atoms with E-state index >= 15 is 0 Å². The molecule has 0 unspecified atom stereocenters. The molecule has 1 saturated carbocycles. The van der Waals surface area contributed by atoms with Gasteiger partial charge in [0.2, 0.25) is 5.91 Å². The highest BCUT2D eigenvalue weighted by molar-refractivity contribution is 7.91. The normalized spacial score (nSPS) is 27.3. The quantitative estimate of drug-likeness (QED) is 0.840. The molecule has 1 aliphatic heterocycles. The third-order valence-corrected chi connectivity index (χ3v) is 6.26. The summed E-state index contributed by atoms with van der Waals surface area (Å²) < 4.78 is 22.6. The largest absolute Gasteiger partial charge is 0.356 e. The van der Waals surface area contributed by atoms with Crippen molar-refractivity contribution in [2.45, 2.75) is 51.4 Å². The molecule has 1 aliphatic carbocycles. The highest BCUT2D eigenvalue weighted by Crippen LogP contribution is 2.27. The van der Waals surface area contributed by atoms with E-state index in [1.54, 1.807) is 0 Å².